The van der Waals surface area contributed by atoms with Gasteiger partial charge in [0.25, 0.3) is 0 Å². The van der Waals surface area contributed by atoms with Gasteiger partial charge in [-0.05, 0) is 44.2 Å². The molecule has 148 valence electrons. The lowest BCUT2D eigenvalue weighted by Gasteiger charge is -2.34. The van der Waals surface area contributed by atoms with Crippen LogP contribution in [-0.4, -0.2) is 55.0 Å². The van der Waals surface area contributed by atoms with E-state index in [0.717, 1.165) is 61.3 Å². The topological polar surface area (TPSA) is 35.6 Å². The van der Waals surface area contributed by atoms with Gasteiger partial charge in [-0.3, -0.25) is 14.6 Å². The van der Waals surface area contributed by atoms with Crippen LogP contribution in [-0.2, 0) is 11.3 Å². The van der Waals surface area contributed by atoms with Crippen molar-refractivity contribution in [3.63, 3.8) is 0 Å². The number of halogens is 2. The Bertz CT molecular complexity index is 649. The zero-order chi connectivity index (χ0) is 19.1. The molecule has 4 nitrogen and oxygen atoms in total. The molecule has 1 heterocycles. The van der Waals surface area contributed by atoms with E-state index in [-0.39, 0.29) is 5.91 Å². The highest BCUT2D eigenvalue weighted by Gasteiger charge is 2.20. The molecule has 0 aromatic heterocycles. The lowest BCUT2D eigenvalue weighted by molar-refractivity contribution is -0.122. The van der Waals surface area contributed by atoms with Crippen molar-refractivity contribution in [1.29, 1.82) is 0 Å². The number of benzene rings is 1. The van der Waals surface area contributed by atoms with Crippen LogP contribution in [0.25, 0.3) is 0 Å². The molecule has 0 bridgehead atoms. The molecule has 6 heteroatoms. The Morgan fingerprint density at radius 1 is 1.04 bits per heavy atom. The predicted molar refractivity (Wildman–Crippen MR) is 112 cm³/mol. The minimum Gasteiger partial charge on any atom is -0.355 e. The fraction of sp³-hybridized carbons (Fsp3) is 0.571. The van der Waals surface area contributed by atoms with Crippen LogP contribution in [0.5, 0.6) is 0 Å². The van der Waals surface area contributed by atoms with Crippen LogP contribution in [0, 0.1) is 0 Å². The SMILES string of the molecule is O=C(CN1CCN(Cc2c(Cl)cccc2Cl)CC1)NCCC1=CCCCC1. The van der Waals surface area contributed by atoms with E-state index in [9.17, 15) is 4.79 Å². The van der Waals surface area contributed by atoms with Gasteiger partial charge in [0.1, 0.15) is 0 Å². The first kappa shape index (κ1) is 20.7. The second-order valence-corrected chi connectivity index (χ2v) is 8.28. The molecule has 1 aliphatic carbocycles. The maximum atomic E-state index is 12.2. The van der Waals surface area contributed by atoms with Crippen molar-refractivity contribution < 1.29 is 4.79 Å². The van der Waals surface area contributed by atoms with Crippen LogP contribution in [0.1, 0.15) is 37.7 Å². The van der Waals surface area contributed by atoms with Crippen molar-refractivity contribution >= 4 is 29.1 Å². The summed E-state index contributed by atoms with van der Waals surface area (Å²) in [5.74, 6) is 0.133. The second kappa shape index (κ2) is 10.5. The quantitative estimate of drug-likeness (QED) is 0.687. The van der Waals surface area contributed by atoms with E-state index in [0.29, 0.717) is 6.54 Å². The summed E-state index contributed by atoms with van der Waals surface area (Å²) in [6, 6.07) is 5.63. The third-order valence-electron chi connectivity index (χ3n) is 5.43. The molecule has 0 unspecified atom stereocenters. The summed E-state index contributed by atoms with van der Waals surface area (Å²) in [7, 11) is 0. The zero-order valence-corrected chi connectivity index (χ0v) is 17.4. The molecule has 1 saturated heterocycles. The van der Waals surface area contributed by atoms with Crippen molar-refractivity contribution in [2.45, 2.75) is 38.6 Å². The molecule has 0 atom stereocenters. The molecule has 27 heavy (non-hydrogen) atoms. The van der Waals surface area contributed by atoms with Gasteiger partial charge in [0.2, 0.25) is 5.91 Å². The summed E-state index contributed by atoms with van der Waals surface area (Å²) in [4.78, 5) is 16.8. The van der Waals surface area contributed by atoms with E-state index in [1.54, 1.807) is 0 Å². The Balaban J connectivity index is 1.35. The third-order valence-corrected chi connectivity index (χ3v) is 6.14. The molecule has 2 aliphatic rings. The monoisotopic (exact) mass is 409 g/mol. The second-order valence-electron chi connectivity index (χ2n) is 7.46. The van der Waals surface area contributed by atoms with Crippen molar-refractivity contribution in [2.24, 2.45) is 0 Å². The summed E-state index contributed by atoms with van der Waals surface area (Å²) >= 11 is 12.5. The number of amides is 1. The van der Waals surface area contributed by atoms with E-state index < -0.39 is 0 Å². The number of allylic oxidation sites excluding steroid dienone is 1. The lowest BCUT2D eigenvalue weighted by Crippen LogP contribution is -2.49. The normalized spacial score (nSPS) is 19.0. The van der Waals surface area contributed by atoms with E-state index in [1.807, 2.05) is 18.2 Å². The van der Waals surface area contributed by atoms with Crippen LogP contribution in [0.2, 0.25) is 10.0 Å². The number of carbonyl (C=O) groups is 1. The van der Waals surface area contributed by atoms with E-state index in [2.05, 4.69) is 21.2 Å². The molecular weight excluding hydrogens is 381 g/mol. The maximum absolute atomic E-state index is 12.2. The molecule has 3 rings (SSSR count). The third kappa shape index (κ3) is 6.49. The van der Waals surface area contributed by atoms with Gasteiger partial charge in [-0.15, -0.1) is 0 Å². The Morgan fingerprint density at radius 3 is 2.41 bits per heavy atom. The molecule has 0 saturated carbocycles. The summed E-state index contributed by atoms with van der Waals surface area (Å²) in [6.07, 6.45) is 8.35. The van der Waals surface area contributed by atoms with Crippen LogP contribution in [0.4, 0.5) is 0 Å². The number of hydrogen-bond donors (Lipinski definition) is 1. The van der Waals surface area contributed by atoms with Crippen molar-refractivity contribution in [2.75, 3.05) is 39.3 Å². The highest BCUT2D eigenvalue weighted by Crippen LogP contribution is 2.26. The van der Waals surface area contributed by atoms with Gasteiger partial charge in [-0.1, -0.05) is 40.9 Å². The molecule has 1 aromatic carbocycles. The van der Waals surface area contributed by atoms with Gasteiger partial charge < -0.3 is 5.32 Å². The van der Waals surface area contributed by atoms with Crippen LogP contribution in [0.3, 0.4) is 0 Å². The van der Waals surface area contributed by atoms with E-state index >= 15 is 0 Å². The minimum atomic E-state index is 0.133. The number of nitrogens with one attached hydrogen (secondary N) is 1. The van der Waals surface area contributed by atoms with Crippen LogP contribution >= 0.6 is 23.2 Å². The fourth-order valence-corrected chi connectivity index (χ4v) is 4.28. The molecule has 1 aliphatic heterocycles. The molecule has 0 spiro atoms. The first-order chi connectivity index (χ1) is 13.1. The average molecular weight is 410 g/mol. The number of rotatable bonds is 7. The summed E-state index contributed by atoms with van der Waals surface area (Å²) < 4.78 is 0. The van der Waals surface area contributed by atoms with Gasteiger partial charge >= 0.3 is 0 Å². The van der Waals surface area contributed by atoms with Crippen molar-refractivity contribution in [3.05, 3.63) is 45.5 Å². The highest BCUT2D eigenvalue weighted by molar-refractivity contribution is 6.35. The summed E-state index contributed by atoms with van der Waals surface area (Å²) in [5.41, 5.74) is 2.50. The summed E-state index contributed by atoms with van der Waals surface area (Å²) in [5, 5.41) is 4.51. The molecule has 0 radical (unpaired) electrons. The molecule has 1 N–H and O–H groups in total. The maximum Gasteiger partial charge on any atom is 0.234 e. The van der Waals surface area contributed by atoms with Gasteiger partial charge in [-0.25, -0.2) is 0 Å². The standard InChI is InChI=1S/C21H29Cl2N3O/c22-19-7-4-8-20(23)18(19)15-25-11-13-26(14-12-25)16-21(27)24-10-9-17-5-2-1-3-6-17/h4-5,7-8H,1-3,6,9-16H2,(H,24,27). The highest BCUT2D eigenvalue weighted by atomic mass is 35.5. The van der Waals surface area contributed by atoms with E-state index in [1.165, 1.54) is 31.3 Å². The van der Waals surface area contributed by atoms with Crippen LogP contribution < -0.4 is 5.32 Å². The van der Waals surface area contributed by atoms with Crippen LogP contribution in [0.15, 0.2) is 29.8 Å². The Morgan fingerprint density at radius 2 is 1.74 bits per heavy atom. The Kier molecular flexibility index (Phi) is 8.01. The average Bonchev–Trinajstić information content (AvgIpc) is 2.67. The molecular formula is C21H29Cl2N3O. The minimum absolute atomic E-state index is 0.133. The summed E-state index contributed by atoms with van der Waals surface area (Å²) in [6.45, 7) is 5.62. The Hall–Kier alpha value is -1.07. The molecule has 1 fully saturated rings. The Labute approximate surface area is 172 Å². The number of hydrogen-bond acceptors (Lipinski definition) is 3. The lowest BCUT2D eigenvalue weighted by atomic mass is 9.97. The zero-order valence-electron chi connectivity index (χ0n) is 15.9. The molecule has 1 aromatic rings. The largest absolute Gasteiger partial charge is 0.355 e. The van der Waals surface area contributed by atoms with Gasteiger partial charge in [0.05, 0.1) is 6.54 Å². The smallest absolute Gasteiger partial charge is 0.234 e. The van der Waals surface area contributed by atoms with Gasteiger partial charge in [0.15, 0.2) is 0 Å². The first-order valence-corrected chi connectivity index (χ1v) is 10.7. The van der Waals surface area contributed by atoms with Gasteiger partial charge in [-0.2, -0.15) is 0 Å². The number of piperazine rings is 1. The molecule has 1 amide bonds. The fourth-order valence-electron chi connectivity index (χ4n) is 3.77. The number of nitrogens with zero attached hydrogens (tertiary/aromatic N) is 2. The first-order valence-electron chi connectivity index (χ1n) is 9.94. The van der Waals surface area contributed by atoms with Gasteiger partial charge in [0, 0.05) is 54.9 Å². The van der Waals surface area contributed by atoms with Crippen molar-refractivity contribution in [3.8, 4) is 0 Å². The number of carbonyl (C=O) groups excluding carboxylic acids is 1. The van der Waals surface area contributed by atoms with Crippen molar-refractivity contribution in [1.82, 2.24) is 15.1 Å². The van der Waals surface area contributed by atoms with E-state index in [4.69, 9.17) is 23.2 Å². The predicted octanol–water partition coefficient (Wildman–Crippen LogP) is 4.12.